The number of benzene rings is 9. The van der Waals surface area contributed by atoms with E-state index in [1.165, 1.54) is 84.8 Å². The van der Waals surface area contributed by atoms with Gasteiger partial charge in [-0.1, -0.05) is 124 Å². The summed E-state index contributed by atoms with van der Waals surface area (Å²) in [5, 5.41) is 4.90. The largest absolute Gasteiger partial charge is 0.458 e. The highest BCUT2D eigenvalue weighted by atomic mass is 32.2. The van der Waals surface area contributed by atoms with E-state index in [-0.39, 0.29) is 20.1 Å². The number of nitrogens with zero attached hydrogens (tertiary/aromatic N) is 2. The molecule has 7 heterocycles. The van der Waals surface area contributed by atoms with Gasteiger partial charge in [-0.15, -0.1) is 22.7 Å². The van der Waals surface area contributed by atoms with Crippen molar-refractivity contribution in [1.82, 2.24) is 4.57 Å². The molecule has 16 rings (SSSR count). The van der Waals surface area contributed by atoms with Gasteiger partial charge < -0.3 is 18.8 Å². The van der Waals surface area contributed by atoms with Gasteiger partial charge in [-0.05, 0) is 145 Å². The van der Waals surface area contributed by atoms with E-state index in [1.54, 1.807) is 11.9 Å². The Morgan fingerprint density at radius 2 is 1.08 bits per heavy atom. The molecule has 0 saturated heterocycles. The summed E-state index contributed by atoms with van der Waals surface area (Å²) in [5.41, 5.74) is 21.7. The number of para-hydroxylation sites is 2. The van der Waals surface area contributed by atoms with E-state index in [2.05, 4.69) is 214 Å². The average Bonchev–Trinajstić information content (AvgIpc) is 4.23. The molecule has 5 nitrogen and oxygen atoms in total. The van der Waals surface area contributed by atoms with Crippen LogP contribution in [0.5, 0.6) is 34.5 Å². The van der Waals surface area contributed by atoms with E-state index in [1.807, 2.05) is 22.7 Å². The Hall–Kier alpha value is -7.56. The van der Waals surface area contributed by atoms with E-state index in [9.17, 15) is 0 Å². The van der Waals surface area contributed by atoms with Gasteiger partial charge in [0.1, 0.15) is 34.5 Å². The molecule has 12 aromatic rings. The molecule has 0 unspecified atom stereocenters. The highest BCUT2D eigenvalue weighted by molar-refractivity contribution is 8.00. The van der Waals surface area contributed by atoms with E-state index in [4.69, 9.17) is 14.2 Å². The lowest BCUT2D eigenvalue weighted by molar-refractivity contribution is 0.464. The van der Waals surface area contributed by atoms with Crippen molar-refractivity contribution in [3.8, 4) is 40.2 Å². The van der Waals surface area contributed by atoms with Gasteiger partial charge in [0.05, 0.1) is 28.1 Å². The topological polar surface area (TPSA) is 35.9 Å². The number of aryl methyl sites for hydroxylation is 6. The van der Waals surface area contributed by atoms with Crippen LogP contribution < -0.4 is 66.3 Å². The zero-order valence-electron chi connectivity index (χ0n) is 43.1. The van der Waals surface area contributed by atoms with Crippen LogP contribution in [0.3, 0.4) is 0 Å². The summed E-state index contributed by atoms with van der Waals surface area (Å²) in [5.74, 6) is 5.27. The molecule has 0 radical (unpaired) electrons. The summed E-state index contributed by atoms with van der Waals surface area (Å²) in [4.78, 5) is 0. The van der Waals surface area contributed by atoms with E-state index >= 15 is 0 Å². The average molecular weight is 1030 g/mol. The number of thiophene rings is 2. The van der Waals surface area contributed by atoms with Crippen molar-refractivity contribution in [1.29, 1.82) is 0 Å². The van der Waals surface area contributed by atoms with E-state index in [0.29, 0.717) is 0 Å². The Morgan fingerprint density at radius 3 is 1.76 bits per heavy atom. The predicted octanol–water partition coefficient (Wildman–Crippen LogP) is 11.7. The molecular formula is C65H47B3N2O3S3. The molecule has 0 fully saturated rings. The van der Waals surface area contributed by atoms with Crippen molar-refractivity contribution < 1.29 is 14.2 Å². The van der Waals surface area contributed by atoms with Crippen molar-refractivity contribution in [3.05, 3.63) is 191 Å². The first-order valence-corrected chi connectivity index (χ1v) is 29.0. The van der Waals surface area contributed by atoms with E-state index < -0.39 is 0 Å². The van der Waals surface area contributed by atoms with Crippen LogP contribution in [-0.4, -0.2) is 31.0 Å². The highest BCUT2D eigenvalue weighted by Gasteiger charge is 2.48. The number of hydrogen-bond donors (Lipinski definition) is 0. The molecular weight excluding hydrogens is 985 g/mol. The molecule has 0 aliphatic carbocycles. The molecule has 0 spiro atoms. The van der Waals surface area contributed by atoms with Crippen LogP contribution in [0.25, 0.3) is 47.7 Å². The van der Waals surface area contributed by atoms with Crippen molar-refractivity contribution in [2.45, 2.75) is 41.5 Å². The van der Waals surface area contributed by atoms with Gasteiger partial charge in [0.2, 0.25) is 0 Å². The molecule has 4 aliphatic heterocycles. The molecule has 0 N–H and O–H groups in total. The molecule has 0 amide bonds. The molecule has 0 atom stereocenters. The number of aromatic nitrogens is 1. The van der Waals surface area contributed by atoms with Crippen molar-refractivity contribution in [2.75, 3.05) is 10.6 Å². The summed E-state index contributed by atoms with van der Waals surface area (Å²) < 4.78 is 31.9. The molecule has 11 heteroatoms. The fourth-order valence-corrected chi connectivity index (χ4v) is 17.1. The second kappa shape index (κ2) is 16.2. The fourth-order valence-electron chi connectivity index (χ4n) is 13.8. The molecule has 362 valence electrons. The zero-order chi connectivity index (χ0) is 51.0. The number of anilines is 2. The van der Waals surface area contributed by atoms with Gasteiger partial charge in [0.25, 0.3) is 20.1 Å². The Balaban J connectivity index is 0.974. The zero-order valence-corrected chi connectivity index (χ0v) is 45.5. The molecule has 3 aromatic heterocycles. The summed E-state index contributed by atoms with van der Waals surface area (Å²) in [6.45, 7) is 13.4. The molecule has 0 saturated carbocycles. The molecule has 76 heavy (non-hydrogen) atoms. The maximum atomic E-state index is 7.48. The van der Waals surface area contributed by atoms with Gasteiger partial charge in [0.15, 0.2) is 0 Å². The normalized spacial score (nSPS) is 13.5. The van der Waals surface area contributed by atoms with Crippen LogP contribution >= 0.6 is 34.6 Å². The van der Waals surface area contributed by atoms with Crippen LogP contribution in [0.15, 0.2) is 158 Å². The summed E-state index contributed by atoms with van der Waals surface area (Å²) in [6.07, 6.45) is 2.18. The Kier molecular flexibility index (Phi) is 9.55. The Morgan fingerprint density at radius 1 is 0.487 bits per heavy atom. The maximum Gasteiger partial charge on any atom is 0.268 e. The van der Waals surface area contributed by atoms with Gasteiger partial charge in [0, 0.05) is 60.3 Å². The first kappa shape index (κ1) is 44.7. The Labute approximate surface area is 455 Å². The summed E-state index contributed by atoms with van der Waals surface area (Å²) in [7, 11) is 0. The van der Waals surface area contributed by atoms with E-state index in [0.717, 1.165) is 89.9 Å². The lowest BCUT2D eigenvalue weighted by Gasteiger charge is -2.40. The quantitative estimate of drug-likeness (QED) is 0.127. The highest BCUT2D eigenvalue weighted by Crippen LogP contribution is 2.46. The van der Waals surface area contributed by atoms with Gasteiger partial charge in [-0.3, -0.25) is 4.31 Å². The third kappa shape index (κ3) is 6.19. The standard InChI is InChI=1S/C65H47B3N2O3S3/c1-34-24-37(4)60(38(5)25-34)67(64-39(6)41-16-10-14-22-58(41)75-64)45-31-47-53(28-36(45)3)71-56-29-40(69-49-20-12-8-17-42(49)43-18-9-13-21-50(43)69)30-57-62(56)66(47)48-32-46-51(33-54(48)72-57)70(74-7)52-26-35(2)27-55-61(52)68(46)65-63(73-55)44-19-11-15-23-59(44)76-65/h8-33H,1-7H3. The number of rotatable bonds is 5. The van der Waals surface area contributed by atoms with Gasteiger partial charge in [-0.25, -0.2) is 0 Å². The first-order valence-electron chi connectivity index (χ1n) is 26.2. The van der Waals surface area contributed by atoms with Crippen molar-refractivity contribution in [3.63, 3.8) is 0 Å². The first-order chi connectivity index (χ1) is 37.1. The summed E-state index contributed by atoms with van der Waals surface area (Å²) in [6, 6.07) is 58.6. The molecule has 9 aromatic carbocycles. The third-order valence-corrected chi connectivity index (χ3v) is 20.2. The molecule has 4 aliphatic rings. The van der Waals surface area contributed by atoms with Gasteiger partial charge >= 0.3 is 0 Å². The van der Waals surface area contributed by atoms with Crippen molar-refractivity contribution in [2.24, 2.45) is 0 Å². The number of fused-ring (bicyclic) bond motifs is 14. The third-order valence-electron chi connectivity index (χ3n) is 16.8. The van der Waals surface area contributed by atoms with Crippen LogP contribution in [0.4, 0.5) is 11.4 Å². The lowest BCUT2D eigenvalue weighted by Crippen LogP contribution is -2.63. The van der Waals surface area contributed by atoms with Crippen LogP contribution in [0.1, 0.15) is 33.4 Å². The SMILES string of the molecule is CSN1c2cc3c(cc2B2c4sc5ccccc5c4Oc4cc(C)cc1c42)B1c2cc(B(c4sc5ccccc5c4C)c4c(C)cc(C)cc4C)c(C)cc2Oc2cc(-n4c5ccccc5c5ccccc54)cc(c21)O3. The second-order valence-electron chi connectivity index (χ2n) is 21.4. The Bertz CT molecular complexity index is 4500. The van der Waals surface area contributed by atoms with Gasteiger partial charge in [-0.2, -0.15) is 0 Å². The summed E-state index contributed by atoms with van der Waals surface area (Å²) >= 11 is 5.52. The number of ether oxygens (including phenoxy) is 3. The monoisotopic (exact) mass is 1030 g/mol. The minimum atomic E-state index is -0.206. The second-order valence-corrected chi connectivity index (χ2v) is 24.3. The van der Waals surface area contributed by atoms with Crippen LogP contribution in [0.2, 0.25) is 0 Å². The minimum Gasteiger partial charge on any atom is -0.458 e. The van der Waals surface area contributed by atoms with Crippen LogP contribution in [-0.2, 0) is 0 Å². The fraction of sp³-hybridized carbons (Fsp3) is 0.108. The van der Waals surface area contributed by atoms with Crippen LogP contribution in [0, 0.1) is 41.5 Å². The lowest BCUT2D eigenvalue weighted by atomic mass is 9.31. The molecule has 0 bridgehead atoms. The minimum absolute atomic E-state index is 0.00757. The maximum absolute atomic E-state index is 7.48. The van der Waals surface area contributed by atoms with Crippen molar-refractivity contribution >= 4 is 156 Å². The predicted molar refractivity (Wildman–Crippen MR) is 328 cm³/mol. The smallest absolute Gasteiger partial charge is 0.268 e. The number of hydrogen-bond acceptors (Lipinski definition) is 7.